The Balaban J connectivity index is 1.48. The lowest BCUT2D eigenvalue weighted by molar-refractivity contribution is -0.127. The van der Waals surface area contributed by atoms with Crippen molar-refractivity contribution in [2.45, 2.75) is 18.8 Å². The van der Waals surface area contributed by atoms with Crippen LogP contribution in [0.4, 0.5) is 11.8 Å². The Morgan fingerprint density at radius 2 is 2.04 bits per heavy atom. The molecule has 1 atom stereocenters. The Hall–Kier alpha value is -3.62. The van der Waals surface area contributed by atoms with E-state index in [1.807, 2.05) is 4.90 Å². The summed E-state index contributed by atoms with van der Waals surface area (Å²) in [6, 6.07) is 1.75. The molecule has 3 aromatic heterocycles. The van der Waals surface area contributed by atoms with Crippen molar-refractivity contribution in [3.63, 3.8) is 0 Å². The number of carbonyl (C=O) groups excluding carboxylic acids is 1. The van der Waals surface area contributed by atoms with Crippen molar-refractivity contribution in [2.24, 2.45) is 0 Å². The second-order valence-corrected chi connectivity index (χ2v) is 6.45. The first-order valence-electron chi connectivity index (χ1n) is 9.10. The number of aromatic amines is 1. The average molecular weight is 376 g/mol. The molecule has 1 saturated heterocycles. The number of aromatic nitrogens is 6. The summed E-state index contributed by atoms with van der Waals surface area (Å²) in [5, 5.41) is 3.13. The molecule has 0 bridgehead atoms. The minimum atomic E-state index is -0.0240. The molecule has 0 radical (unpaired) electrons. The summed E-state index contributed by atoms with van der Waals surface area (Å²) in [5.41, 5.74) is 1.62. The minimum absolute atomic E-state index is 0.0240. The van der Waals surface area contributed by atoms with E-state index in [1.54, 1.807) is 55.5 Å². The van der Waals surface area contributed by atoms with Gasteiger partial charge in [0.05, 0.1) is 23.9 Å². The Labute approximate surface area is 162 Å². The van der Waals surface area contributed by atoms with E-state index in [9.17, 15) is 4.79 Å². The van der Waals surface area contributed by atoms with E-state index >= 15 is 0 Å². The molecule has 4 heterocycles. The van der Waals surface area contributed by atoms with Gasteiger partial charge in [0.15, 0.2) is 5.82 Å². The lowest BCUT2D eigenvalue weighted by Crippen LogP contribution is -2.38. The van der Waals surface area contributed by atoms with Gasteiger partial charge in [-0.2, -0.15) is 0 Å². The zero-order valence-electron chi connectivity index (χ0n) is 15.2. The van der Waals surface area contributed by atoms with Crippen LogP contribution in [0.2, 0.25) is 0 Å². The van der Waals surface area contributed by atoms with Crippen LogP contribution < -0.4 is 5.32 Å². The molecule has 9 heteroatoms. The highest BCUT2D eigenvalue weighted by molar-refractivity contribution is 5.91. The van der Waals surface area contributed by atoms with Crippen LogP contribution in [0.1, 0.15) is 30.1 Å². The van der Waals surface area contributed by atoms with E-state index in [0.29, 0.717) is 18.3 Å². The first-order chi connectivity index (χ1) is 13.8. The number of carbonyl (C=O) groups is 1. The molecule has 0 aromatic carbocycles. The third-order valence-electron chi connectivity index (χ3n) is 4.57. The fourth-order valence-electron chi connectivity index (χ4n) is 3.24. The fraction of sp³-hybridized carbons (Fsp3) is 0.263. The van der Waals surface area contributed by atoms with Crippen molar-refractivity contribution in [1.82, 2.24) is 34.8 Å². The van der Waals surface area contributed by atoms with Crippen LogP contribution in [-0.2, 0) is 4.79 Å². The SMILES string of the molecule is O=C(/C=C/c1cnc[nH]1)N1CCC[C@@H](c2nccnc2Nc2ncccn2)C1. The van der Waals surface area contributed by atoms with Gasteiger partial charge in [-0.25, -0.2) is 19.9 Å². The van der Waals surface area contributed by atoms with Gasteiger partial charge in [0.25, 0.3) is 0 Å². The number of anilines is 2. The van der Waals surface area contributed by atoms with Crippen molar-refractivity contribution in [1.29, 1.82) is 0 Å². The highest BCUT2D eigenvalue weighted by Crippen LogP contribution is 2.30. The van der Waals surface area contributed by atoms with Crippen LogP contribution in [0, 0.1) is 0 Å². The maximum atomic E-state index is 12.6. The maximum Gasteiger partial charge on any atom is 0.246 e. The van der Waals surface area contributed by atoms with E-state index in [4.69, 9.17) is 0 Å². The third kappa shape index (κ3) is 4.20. The average Bonchev–Trinajstić information content (AvgIpc) is 3.27. The molecule has 9 nitrogen and oxygen atoms in total. The molecule has 0 unspecified atom stereocenters. The van der Waals surface area contributed by atoms with Crippen LogP contribution in [0.15, 0.2) is 49.5 Å². The first-order valence-corrected chi connectivity index (χ1v) is 9.10. The molecule has 1 fully saturated rings. The summed E-state index contributed by atoms with van der Waals surface area (Å²) >= 11 is 0. The maximum absolute atomic E-state index is 12.6. The molecule has 0 spiro atoms. The van der Waals surface area contributed by atoms with Gasteiger partial charge >= 0.3 is 0 Å². The second-order valence-electron chi connectivity index (χ2n) is 6.45. The predicted molar refractivity (Wildman–Crippen MR) is 104 cm³/mol. The number of nitrogens with one attached hydrogen (secondary N) is 2. The Kier molecular flexibility index (Phi) is 5.32. The number of hydrogen-bond donors (Lipinski definition) is 2. The normalized spacial score (nSPS) is 17.0. The van der Waals surface area contributed by atoms with Gasteiger partial charge in [-0.15, -0.1) is 0 Å². The molecule has 0 saturated carbocycles. The molecule has 4 rings (SSSR count). The number of rotatable bonds is 5. The Morgan fingerprint density at radius 1 is 1.18 bits per heavy atom. The molecule has 1 amide bonds. The summed E-state index contributed by atoms with van der Waals surface area (Å²) in [6.07, 6.45) is 15.1. The van der Waals surface area contributed by atoms with Crippen molar-refractivity contribution >= 4 is 23.7 Å². The molecule has 2 N–H and O–H groups in total. The number of piperidine rings is 1. The Bertz CT molecular complexity index is 942. The molecule has 1 aliphatic rings. The van der Waals surface area contributed by atoms with Gasteiger partial charge in [-0.1, -0.05) is 0 Å². The Morgan fingerprint density at radius 3 is 2.86 bits per heavy atom. The van der Waals surface area contributed by atoms with E-state index in [0.717, 1.165) is 30.8 Å². The number of hydrogen-bond acceptors (Lipinski definition) is 7. The third-order valence-corrected chi connectivity index (χ3v) is 4.57. The van der Waals surface area contributed by atoms with Crippen LogP contribution in [0.25, 0.3) is 6.08 Å². The summed E-state index contributed by atoms with van der Waals surface area (Å²) in [7, 11) is 0. The number of H-pyrrole nitrogens is 1. The van der Waals surface area contributed by atoms with Crippen molar-refractivity contribution in [3.05, 3.63) is 60.8 Å². The van der Waals surface area contributed by atoms with Gasteiger partial charge in [0.1, 0.15) is 0 Å². The van der Waals surface area contributed by atoms with Gasteiger partial charge in [-0.3, -0.25) is 9.78 Å². The van der Waals surface area contributed by atoms with Crippen molar-refractivity contribution in [2.75, 3.05) is 18.4 Å². The van der Waals surface area contributed by atoms with E-state index in [-0.39, 0.29) is 11.8 Å². The predicted octanol–water partition coefficient (Wildman–Crippen LogP) is 2.15. The molecule has 142 valence electrons. The monoisotopic (exact) mass is 376 g/mol. The van der Waals surface area contributed by atoms with E-state index in [2.05, 4.69) is 35.2 Å². The highest BCUT2D eigenvalue weighted by Gasteiger charge is 2.27. The van der Waals surface area contributed by atoms with Gasteiger partial charge in [-0.05, 0) is 25.0 Å². The van der Waals surface area contributed by atoms with Crippen molar-refractivity contribution < 1.29 is 4.79 Å². The molecule has 28 heavy (non-hydrogen) atoms. The molecule has 1 aliphatic heterocycles. The van der Waals surface area contributed by atoms with Crippen LogP contribution in [0.3, 0.4) is 0 Å². The summed E-state index contributed by atoms with van der Waals surface area (Å²) in [5.74, 6) is 1.17. The van der Waals surface area contributed by atoms with Gasteiger partial charge in [0.2, 0.25) is 11.9 Å². The summed E-state index contributed by atoms with van der Waals surface area (Å²) < 4.78 is 0. The summed E-state index contributed by atoms with van der Waals surface area (Å²) in [6.45, 7) is 1.32. The largest absolute Gasteiger partial charge is 0.345 e. The summed E-state index contributed by atoms with van der Waals surface area (Å²) in [4.78, 5) is 38.6. The van der Waals surface area contributed by atoms with Crippen LogP contribution >= 0.6 is 0 Å². The number of likely N-dealkylation sites (tertiary alicyclic amines) is 1. The minimum Gasteiger partial charge on any atom is -0.345 e. The quantitative estimate of drug-likeness (QED) is 0.656. The standard InChI is InChI=1S/C19H20N8O/c28-16(5-4-15-11-20-13-25-15)27-10-1-3-14(12-27)17-18(22-9-8-21-17)26-19-23-6-2-7-24-19/h2,4-9,11,13-14H,1,3,10,12H2,(H,20,25)(H,22,23,24,26)/b5-4+/t14-/m1/s1. The smallest absolute Gasteiger partial charge is 0.246 e. The van der Waals surface area contributed by atoms with Crippen LogP contribution in [0.5, 0.6) is 0 Å². The van der Waals surface area contributed by atoms with Crippen molar-refractivity contribution in [3.8, 4) is 0 Å². The molecule has 3 aromatic rings. The molecule has 0 aliphatic carbocycles. The van der Waals surface area contributed by atoms with Gasteiger partial charge < -0.3 is 15.2 Å². The van der Waals surface area contributed by atoms with E-state index in [1.165, 1.54) is 0 Å². The molecular formula is C19H20N8O. The fourth-order valence-corrected chi connectivity index (χ4v) is 3.24. The topological polar surface area (TPSA) is 113 Å². The number of nitrogens with zero attached hydrogens (tertiary/aromatic N) is 6. The second kappa shape index (κ2) is 8.38. The van der Waals surface area contributed by atoms with E-state index < -0.39 is 0 Å². The first kappa shape index (κ1) is 17.8. The van der Waals surface area contributed by atoms with Gasteiger partial charge in [0, 0.05) is 49.9 Å². The molecular weight excluding hydrogens is 356 g/mol. The lowest BCUT2D eigenvalue weighted by Gasteiger charge is -2.32. The zero-order valence-corrected chi connectivity index (χ0v) is 15.2. The zero-order chi connectivity index (χ0) is 19.2. The lowest BCUT2D eigenvalue weighted by atomic mass is 9.94. The highest BCUT2D eigenvalue weighted by atomic mass is 16.2. The number of imidazole rings is 1. The van der Waals surface area contributed by atoms with Crippen LogP contribution in [-0.4, -0.2) is 53.8 Å². The number of amides is 1.